The van der Waals surface area contributed by atoms with Gasteiger partial charge in [0.25, 0.3) is 0 Å². The van der Waals surface area contributed by atoms with E-state index < -0.39 is 92.7 Å². The number of carbonyl (C=O) groups is 2. The molecule has 2 saturated heterocycles. The second kappa shape index (κ2) is 39.7. The van der Waals surface area contributed by atoms with E-state index >= 15 is 0 Å². The highest BCUT2D eigenvalue weighted by Crippen LogP contribution is 2.26. The summed E-state index contributed by atoms with van der Waals surface area (Å²) >= 11 is 0. The molecule has 15 heteroatoms. The molecule has 2 aliphatic heterocycles. The Morgan fingerprint density at radius 2 is 0.896 bits per heavy atom. The molecule has 0 aromatic heterocycles. The van der Waals surface area contributed by atoms with Crippen LogP contribution in [0.5, 0.6) is 0 Å². The van der Waals surface area contributed by atoms with Gasteiger partial charge in [0.15, 0.2) is 18.7 Å². The second-order valence-electron chi connectivity index (χ2n) is 18.8. The summed E-state index contributed by atoms with van der Waals surface area (Å²) in [4.78, 5) is 25.8. The van der Waals surface area contributed by atoms with Gasteiger partial charge in [-0.15, -0.1) is 5.73 Å². The van der Waals surface area contributed by atoms with Crippen LogP contribution < -0.4 is 0 Å². The molecular formula is C52H94O15. The Balaban J connectivity index is 1.81. The molecule has 392 valence electrons. The lowest BCUT2D eigenvalue weighted by molar-refractivity contribution is -0.332. The minimum atomic E-state index is -1.76. The van der Waals surface area contributed by atoms with Gasteiger partial charge < -0.3 is 64.2 Å². The lowest BCUT2D eigenvalue weighted by atomic mass is 9.98. The number of unbranched alkanes of at least 4 members (excludes halogenated alkanes) is 25. The van der Waals surface area contributed by atoms with Crippen LogP contribution in [0.3, 0.4) is 0 Å². The van der Waals surface area contributed by atoms with Crippen LogP contribution in [0.4, 0.5) is 0 Å². The van der Waals surface area contributed by atoms with E-state index in [1.54, 1.807) is 0 Å². The van der Waals surface area contributed by atoms with E-state index in [0.29, 0.717) is 12.8 Å². The maximum Gasteiger partial charge on any atom is 0.306 e. The summed E-state index contributed by atoms with van der Waals surface area (Å²) < 4.78 is 33.6. The minimum absolute atomic E-state index is 0.166. The van der Waals surface area contributed by atoms with E-state index in [1.807, 2.05) is 0 Å². The molecule has 0 aromatic rings. The van der Waals surface area contributed by atoms with Crippen molar-refractivity contribution < 1.29 is 73.8 Å². The van der Waals surface area contributed by atoms with Crippen molar-refractivity contribution in [1.29, 1.82) is 0 Å². The number of allylic oxidation sites excluding steroid dienone is 1. The van der Waals surface area contributed by atoms with Crippen LogP contribution in [0.1, 0.15) is 206 Å². The molecule has 11 atom stereocenters. The zero-order valence-electron chi connectivity index (χ0n) is 41.4. The average molecular weight is 959 g/mol. The first kappa shape index (κ1) is 61.1. The fourth-order valence-corrected chi connectivity index (χ4v) is 8.37. The van der Waals surface area contributed by atoms with E-state index in [4.69, 9.17) is 28.4 Å². The van der Waals surface area contributed by atoms with Crippen molar-refractivity contribution in [3.05, 3.63) is 17.9 Å². The lowest BCUT2D eigenvalue weighted by Crippen LogP contribution is -2.61. The SMILES string of the molecule is CCCCCCCC=C=CCCCCCCCC(=O)OC[C@H](CO[C@@H]1O[C@H](CO[C@@H]2O[C@H](CO)[C@H](O)C(O)C2O)[C@H](O)C(O)C1O)OC(=O)CCCCCCCCCCCCCCCCCC. The number of rotatable bonds is 41. The van der Waals surface area contributed by atoms with Crippen LogP contribution in [0.15, 0.2) is 17.9 Å². The third-order valence-corrected chi connectivity index (χ3v) is 12.8. The number of carbonyl (C=O) groups excluding carboxylic acids is 2. The van der Waals surface area contributed by atoms with Crippen LogP contribution in [0.2, 0.25) is 0 Å². The topological polar surface area (TPSA) is 231 Å². The van der Waals surface area contributed by atoms with Gasteiger partial charge in [-0.3, -0.25) is 9.59 Å². The Hall–Kier alpha value is -1.98. The van der Waals surface area contributed by atoms with Crippen LogP contribution in [0.25, 0.3) is 0 Å². The molecular weight excluding hydrogens is 865 g/mol. The predicted molar refractivity (Wildman–Crippen MR) is 256 cm³/mol. The van der Waals surface area contributed by atoms with E-state index in [0.717, 1.165) is 57.8 Å². The summed E-state index contributed by atoms with van der Waals surface area (Å²) in [5.74, 6) is -0.936. The zero-order chi connectivity index (χ0) is 48.9. The number of aliphatic hydroxyl groups excluding tert-OH is 7. The van der Waals surface area contributed by atoms with Crippen molar-refractivity contribution in [2.75, 3.05) is 26.4 Å². The van der Waals surface area contributed by atoms with Gasteiger partial charge in [-0.25, -0.2) is 0 Å². The van der Waals surface area contributed by atoms with Gasteiger partial charge in [0, 0.05) is 12.8 Å². The highest BCUT2D eigenvalue weighted by atomic mass is 16.7. The minimum Gasteiger partial charge on any atom is -0.462 e. The van der Waals surface area contributed by atoms with E-state index in [1.165, 1.54) is 109 Å². The molecule has 0 amide bonds. The first-order valence-corrected chi connectivity index (χ1v) is 26.5. The summed E-state index contributed by atoms with van der Waals surface area (Å²) in [6.07, 6.45) is 20.1. The molecule has 0 radical (unpaired) electrons. The van der Waals surface area contributed by atoms with E-state index in [2.05, 4.69) is 31.7 Å². The average Bonchev–Trinajstić information content (AvgIpc) is 3.32. The summed E-state index contributed by atoms with van der Waals surface area (Å²) in [6, 6.07) is 0. The van der Waals surface area contributed by atoms with Crippen molar-refractivity contribution >= 4 is 11.9 Å². The molecule has 0 aliphatic carbocycles. The number of ether oxygens (including phenoxy) is 6. The number of aliphatic hydroxyl groups is 7. The maximum atomic E-state index is 13.0. The highest BCUT2D eigenvalue weighted by Gasteiger charge is 2.47. The molecule has 4 unspecified atom stereocenters. The van der Waals surface area contributed by atoms with Gasteiger partial charge in [0.1, 0.15) is 55.4 Å². The van der Waals surface area contributed by atoms with Crippen molar-refractivity contribution in [2.24, 2.45) is 0 Å². The number of hydrogen-bond acceptors (Lipinski definition) is 15. The zero-order valence-corrected chi connectivity index (χ0v) is 41.4. The Morgan fingerprint density at radius 3 is 1.37 bits per heavy atom. The molecule has 67 heavy (non-hydrogen) atoms. The van der Waals surface area contributed by atoms with Gasteiger partial charge >= 0.3 is 11.9 Å². The summed E-state index contributed by atoms with van der Waals surface area (Å²) in [5, 5.41) is 72.1. The third-order valence-electron chi connectivity index (χ3n) is 12.8. The van der Waals surface area contributed by atoms with Crippen molar-refractivity contribution in [2.45, 2.75) is 274 Å². The van der Waals surface area contributed by atoms with Gasteiger partial charge in [-0.2, -0.15) is 0 Å². The predicted octanol–water partition coefficient (Wildman–Crippen LogP) is 7.54. The first-order chi connectivity index (χ1) is 32.5. The number of hydrogen-bond donors (Lipinski definition) is 7. The molecule has 0 bridgehead atoms. The van der Waals surface area contributed by atoms with Crippen molar-refractivity contribution in [3.63, 3.8) is 0 Å². The van der Waals surface area contributed by atoms with Crippen LogP contribution in [0, 0.1) is 0 Å². The quantitative estimate of drug-likeness (QED) is 0.0178. The summed E-state index contributed by atoms with van der Waals surface area (Å²) in [6.45, 7) is 2.57. The summed E-state index contributed by atoms with van der Waals surface area (Å²) in [5.41, 5.74) is 3.29. The molecule has 15 nitrogen and oxygen atoms in total. The standard InChI is InChI=1S/C52H94O15/c1-3-5-7-9-11-13-15-17-19-21-23-25-27-29-31-33-35-44(55)65-40(37-62-43(54)34-32-30-28-26-24-22-20-18-16-14-12-10-8-6-4-2)38-63-51-50(61)48(59)46(57)42(67-51)39-64-52-49(60)47(58)45(56)41(36-53)66-52/h16,20,40-42,45-53,56-61H,3-15,17,19,21-39H2,1-2H3/t18?,40-,41-,42-,45+,46+,47?,48?,49?,50?,51-,52-/m1/s1. The molecule has 2 heterocycles. The Labute approximate surface area is 403 Å². The molecule has 2 fully saturated rings. The molecule has 7 N–H and O–H groups in total. The molecule has 2 aliphatic rings. The van der Waals surface area contributed by atoms with Crippen molar-refractivity contribution in [3.8, 4) is 0 Å². The molecule has 0 saturated carbocycles. The summed E-state index contributed by atoms with van der Waals surface area (Å²) in [7, 11) is 0. The Bertz CT molecular complexity index is 1280. The van der Waals surface area contributed by atoms with Gasteiger partial charge in [0.2, 0.25) is 0 Å². The van der Waals surface area contributed by atoms with Gasteiger partial charge in [-0.1, -0.05) is 155 Å². The van der Waals surface area contributed by atoms with Gasteiger partial charge in [0.05, 0.1) is 19.8 Å². The number of esters is 2. The maximum absolute atomic E-state index is 13.0. The van der Waals surface area contributed by atoms with Crippen molar-refractivity contribution in [1.82, 2.24) is 0 Å². The van der Waals surface area contributed by atoms with E-state index in [-0.39, 0.29) is 26.1 Å². The van der Waals surface area contributed by atoms with Crippen LogP contribution in [-0.2, 0) is 38.0 Å². The van der Waals surface area contributed by atoms with E-state index in [9.17, 15) is 45.3 Å². The highest BCUT2D eigenvalue weighted by molar-refractivity contribution is 5.70. The first-order valence-electron chi connectivity index (χ1n) is 26.5. The fourth-order valence-electron chi connectivity index (χ4n) is 8.37. The molecule has 0 aromatic carbocycles. The lowest BCUT2D eigenvalue weighted by Gasteiger charge is -2.42. The second-order valence-corrected chi connectivity index (χ2v) is 18.8. The van der Waals surface area contributed by atoms with Gasteiger partial charge in [-0.05, 0) is 50.7 Å². The Morgan fingerprint density at radius 1 is 0.493 bits per heavy atom. The normalized spacial score (nSPS) is 25.6. The monoisotopic (exact) mass is 959 g/mol. The molecule has 0 spiro atoms. The van der Waals surface area contributed by atoms with Crippen LogP contribution >= 0.6 is 0 Å². The third kappa shape index (κ3) is 27.9. The largest absolute Gasteiger partial charge is 0.462 e. The molecule has 2 rings (SSSR count). The fraction of sp³-hybridized carbons (Fsp3) is 0.904. The Kier molecular flexibility index (Phi) is 36.2. The van der Waals surface area contributed by atoms with Crippen LogP contribution in [-0.4, -0.2) is 142 Å². The smallest absolute Gasteiger partial charge is 0.306 e.